The van der Waals surface area contributed by atoms with E-state index in [9.17, 15) is 4.79 Å². The van der Waals surface area contributed by atoms with Gasteiger partial charge in [0.25, 0.3) is 0 Å². The maximum Gasteiger partial charge on any atom is 0.417 e. The highest BCUT2D eigenvalue weighted by molar-refractivity contribution is 5.83. The summed E-state index contributed by atoms with van der Waals surface area (Å²) in [4.78, 5) is 18.9. The second-order valence-electron chi connectivity index (χ2n) is 7.23. The Hall–Kier alpha value is -3.87. The lowest BCUT2D eigenvalue weighted by atomic mass is 10.1. The third kappa shape index (κ3) is 3.14. The van der Waals surface area contributed by atoms with Gasteiger partial charge < -0.3 is 9.47 Å². The van der Waals surface area contributed by atoms with Crippen molar-refractivity contribution in [3.8, 4) is 17.3 Å². The summed E-state index contributed by atoms with van der Waals surface area (Å²) < 4.78 is 12.6. The van der Waals surface area contributed by atoms with Crippen molar-refractivity contribution in [3.63, 3.8) is 0 Å². The highest BCUT2D eigenvalue weighted by Crippen LogP contribution is 2.31. The second-order valence-corrected chi connectivity index (χ2v) is 7.23. The number of para-hydroxylation sites is 1. The van der Waals surface area contributed by atoms with Gasteiger partial charge in [0.15, 0.2) is 5.65 Å². The van der Waals surface area contributed by atoms with Gasteiger partial charge in [-0.15, -0.1) is 0 Å². The number of pyridine rings is 1. The second kappa shape index (κ2) is 7.18. The van der Waals surface area contributed by atoms with E-state index in [0.29, 0.717) is 24.6 Å². The smallest absolute Gasteiger partial charge is 0.417 e. The van der Waals surface area contributed by atoms with Crippen molar-refractivity contribution in [2.24, 2.45) is 0 Å². The minimum absolute atomic E-state index is 0.339. The molecule has 0 fully saturated rings. The number of aryl methyl sites for hydroxylation is 1. The van der Waals surface area contributed by atoms with Crippen LogP contribution in [0.5, 0.6) is 11.6 Å². The quantitative estimate of drug-likeness (QED) is 0.512. The molecule has 1 aliphatic rings. The first-order valence-electron chi connectivity index (χ1n) is 9.67. The molecule has 0 aliphatic carbocycles. The maximum atomic E-state index is 12.6. The van der Waals surface area contributed by atoms with Gasteiger partial charge in [-0.3, -0.25) is 4.90 Å². The van der Waals surface area contributed by atoms with Crippen molar-refractivity contribution in [2.45, 2.75) is 20.0 Å². The Kier molecular flexibility index (Phi) is 4.35. The molecule has 3 heterocycles. The molecule has 0 radical (unpaired) electrons. The van der Waals surface area contributed by atoms with Crippen LogP contribution in [0.2, 0.25) is 0 Å². The lowest BCUT2D eigenvalue weighted by Crippen LogP contribution is -2.36. The van der Waals surface area contributed by atoms with E-state index in [1.807, 2.05) is 67.6 Å². The van der Waals surface area contributed by atoms with Crippen molar-refractivity contribution >= 4 is 17.1 Å². The first-order valence-corrected chi connectivity index (χ1v) is 9.67. The fraction of sp³-hybridized carbons (Fsp3) is 0.174. The van der Waals surface area contributed by atoms with E-state index in [-0.39, 0.29) is 0 Å². The number of carbonyl (C=O) groups excluding carboxylic acids is 1. The van der Waals surface area contributed by atoms with Gasteiger partial charge in [0.2, 0.25) is 5.88 Å². The molecule has 1 aliphatic heterocycles. The molecule has 2 aromatic carbocycles. The Labute approximate surface area is 173 Å². The topological polar surface area (TPSA) is 69.5 Å². The number of hydrogen-bond acceptors (Lipinski definition) is 5. The summed E-state index contributed by atoms with van der Waals surface area (Å²) in [6, 6.07) is 19.5. The van der Waals surface area contributed by atoms with E-state index in [1.54, 1.807) is 16.7 Å². The monoisotopic (exact) mass is 400 g/mol. The molecule has 2 aromatic heterocycles. The number of aromatic nitrogens is 3. The van der Waals surface area contributed by atoms with Crippen LogP contribution in [0.1, 0.15) is 16.8 Å². The summed E-state index contributed by atoms with van der Waals surface area (Å²) in [7, 11) is 1.62. The third-order valence-electron chi connectivity index (χ3n) is 5.19. The average molecular weight is 400 g/mol. The van der Waals surface area contributed by atoms with Gasteiger partial charge in [-0.1, -0.05) is 30.3 Å². The fourth-order valence-corrected chi connectivity index (χ4v) is 3.69. The van der Waals surface area contributed by atoms with E-state index in [0.717, 1.165) is 33.6 Å². The van der Waals surface area contributed by atoms with Crippen LogP contribution in [0.15, 0.2) is 60.7 Å². The molecular weight excluding hydrogens is 380 g/mol. The average Bonchev–Trinajstić information content (AvgIpc) is 3.09. The lowest BCUT2D eigenvalue weighted by Gasteiger charge is -2.27. The highest BCUT2D eigenvalue weighted by Gasteiger charge is 2.28. The first-order chi connectivity index (χ1) is 14.6. The molecule has 1 amide bonds. The number of nitrogens with zero attached hydrogens (tertiary/aromatic N) is 4. The zero-order valence-electron chi connectivity index (χ0n) is 16.7. The Bertz CT molecular complexity index is 1250. The number of rotatable bonds is 4. The molecule has 0 saturated heterocycles. The van der Waals surface area contributed by atoms with Crippen molar-refractivity contribution in [1.29, 1.82) is 0 Å². The molecule has 0 N–H and O–H groups in total. The Morgan fingerprint density at radius 2 is 1.93 bits per heavy atom. The van der Waals surface area contributed by atoms with Crippen molar-refractivity contribution < 1.29 is 14.3 Å². The zero-order valence-corrected chi connectivity index (χ0v) is 16.7. The first kappa shape index (κ1) is 18.2. The maximum absolute atomic E-state index is 12.6. The summed E-state index contributed by atoms with van der Waals surface area (Å²) in [5.74, 6) is 1.09. The van der Waals surface area contributed by atoms with Gasteiger partial charge in [-0.2, -0.15) is 10.1 Å². The molecule has 4 aromatic rings. The third-order valence-corrected chi connectivity index (χ3v) is 5.19. The van der Waals surface area contributed by atoms with E-state index < -0.39 is 6.09 Å². The minimum atomic E-state index is -0.417. The van der Waals surface area contributed by atoms with Crippen LogP contribution < -0.4 is 9.47 Å². The normalized spacial score (nSPS) is 13.3. The molecule has 0 spiro atoms. The van der Waals surface area contributed by atoms with Gasteiger partial charge in [-0.05, 0) is 42.8 Å². The number of amides is 1. The molecule has 0 unspecified atom stereocenters. The predicted octanol–water partition coefficient (Wildman–Crippen LogP) is 4.25. The molecule has 150 valence electrons. The van der Waals surface area contributed by atoms with E-state index in [2.05, 4.69) is 10.1 Å². The summed E-state index contributed by atoms with van der Waals surface area (Å²) in [5, 5.41) is 5.58. The van der Waals surface area contributed by atoms with Crippen LogP contribution in [-0.2, 0) is 13.1 Å². The summed E-state index contributed by atoms with van der Waals surface area (Å²) in [6.45, 7) is 2.80. The SMILES string of the molecule is COc1cccc(CN2Cc3cc4c(C)nn(-c5ccccc5)c4nc3OC2=O)c1. The van der Waals surface area contributed by atoms with Gasteiger partial charge in [0, 0.05) is 17.5 Å². The Morgan fingerprint density at radius 1 is 1.10 bits per heavy atom. The number of ether oxygens (including phenoxy) is 2. The summed E-state index contributed by atoms with van der Waals surface area (Å²) in [6.07, 6.45) is -0.417. The molecule has 7 nitrogen and oxygen atoms in total. The fourth-order valence-electron chi connectivity index (χ4n) is 3.69. The largest absolute Gasteiger partial charge is 0.497 e. The Balaban J connectivity index is 1.50. The van der Waals surface area contributed by atoms with Gasteiger partial charge in [0.1, 0.15) is 5.75 Å². The van der Waals surface area contributed by atoms with Crippen molar-refractivity contribution in [3.05, 3.63) is 77.5 Å². The standard InChI is InChI=1S/C23H20N4O3/c1-15-20-12-17-14-26(13-16-7-6-10-19(11-16)29-2)23(28)30-22(17)24-21(20)27(25-15)18-8-4-3-5-9-18/h3-12H,13-14H2,1-2H3. The van der Waals surface area contributed by atoms with E-state index in [1.165, 1.54) is 0 Å². The molecule has 0 saturated carbocycles. The van der Waals surface area contributed by atoms with Crippen molar-refractivity contribution in [1.82, 2.24) is 19.7 Å². The molecule has 0 bridgehead atoms. The minimum Gasteiger partial charge on any atom is -0.497 e. The highest BCUT2D eigenvalue weighted by atomic mass is 16.6. The van der Waals surface area contributed by atoms with Crippen LogP contribution in [-0.4, -0.2) is 32.9 Å². The van der Waals surface area contributed by atoms with Crippen molar-refractivity contribution in [2.75, 3.05) is 7.11 Å². The van der Waals surface area contributed by atoms with Crippen LogP contribution in [0.4, 0.5) is 4.79 Å². The van der Waals surface area contributed by atoms with E-state index in [4.69, 9.17) is 9.47 Å². The molecule has 5 rings (SSSR count). The predicted molar refractivity (Wildman–Crippen MR) is 112 cm³/mol. The van der Waals surface area contributed by atoms with E-state index >= 15 is 0 Å². The molecule has 7 heteroatoms. The zero-order chi connectivity index (χ0) is 20.7. The number of benzene rings is 2. The number of hydrogen-bond donors (Lipinski definition) is 0. The number of fused-ring (bicyclic) bond motifs is 2. The summed E-state index contributed by atoms with van der Waals surface area (Å²) in [5.41, 5.74) is 4.29. The molecular formula is C23H20N4O3. The summed E-state index contributed by atoms with van der Waals surface area (Å²) >= 11 is 0. The lowest BCUT2D eigenvalue weighted by molar-refractivity contribution is 0.133. The van der Waals surface area contributed by atoms with Gasteiger partial charge in [-0.25, -0.2) is 9.48 Å². The van der Waals surface area contributed by atoms with Crippen LogP contribution in [0.3, 0.4) is 0 Å². The Morgan fingerprint density at radius 3 is 2.73 bits per heavy atom. The van der Waals surface area contributed by atoms with Crippen LogP contribution >= 0.6 is 0 Å². The molecule has 30 heavy (non-hydrogen) atoms. The van der Waals surface area contributed by atoms with Gasteiger partial charge in [0.05, 0.1) is 25.0 Å². The van der Waals surface area contributed by atoms with Gasteiger partial charge >= 0.3 is 6.09 Å². The van der Waals surface area contributed by atoms with Crippen LogP contribution in [0.25, 0.3) is 16.7 Å². The molecule has 0 atom stereocenters. The van der Waals surface area contributed by atoms with Crippen LogP contribution in [0, 0.1) is 6.92 Å². The number of methoxy groups -OCH3 is 1. The number of carbonyl (C=O) groups is 1.